The van der Waals surface area contributed by atoms with Gasteiger partial charge in [-0.25, -0.2) is 4.39 Å². The van der Waals surface area contributed by atoms with E-state index >= 15 is 0 Å². The number of carboxylic acids is 1. The van der Waals surface area contributed by atoms with Crippen molar-refractivity contribution in [1.29, 1.82) is 0 Å². The Kier molecular flexibility index (Phi) is 8.24. The quantitative estimate of drug-likeness (QED) is 0.253. The van der Waals surface area contributed by atoms with Crippen molar-refractivity contribution in [2.75, 3.05) is 19.5 Å². The molecule has 0 radical (unpaired) electrons. The number of nitrogens with two attached hydrogens (primary N) is 1. The van der Waals surface area contributed by atoms with E-state index < -0.39 is 11.8 Å². The Morgan fingerprint density at radius 2 is 1.70 bits per heavy atom. The van der Waals surface area contributed by atoms with Crippen LogP contribution < -0.4 is 15.2 Å². The predicted octanol–water partition coefficient (Wildman–Crippen LogP) is 4.43. The summed E-state index contributed by atoms with van der Waals surface area (Å²) in [5.41, 5.74) is 9.08. The molecule has 0 fully saturated rings. The summed E-state index contributed by atoms with van der Waals surface area (Å²) in [5.74, 6) is -0.426. The molecule has 8 heteroatoms. The number of nitrogen functional groups attached to an aromatic ring is 1. The average molecular weight is 452 g/mol. The number of hydrogen-bond donors (Lipinski definition) is 2. The molecule has 0 aliphatic rings. The molecule has 0 aliphatic heterocycles. The third-order valence-electron chi connectivity index (χ3n) is 4.78. The highest BCUT2D eigenvalue weighted by atomic mass is 19.1. The van der Waals surface area contributed by atoms with Gasteiger partial charge in [-0.1, -0.05) is 35.5 Å². The molecule has 3 aromatic rings. The fraction of sp³-hybridized carbons (Fsp3) is 0.200. The van der Waals surface area contributed by atoms with Crippen LogP contribution in [0.25, 0.3) is 0 Å². The standard InChI is InChI=1S/C25H25FN2O5/c1-31-28-24(19-4-8-20(27)9-5-19)16-33-21-10-2-17(3-11-21)15-32-22-12-6-18(23(26)14-22)7-13-25(29)30/h2-6,8-12,14H,7,13,15-16,27H2,1H3,(H,29,30)/b28-24+. The van der Waals surface area contributed by atoms with Gasteiger partial charge in [0, 0.05) is 23.7 Å². The third-order valence-corrected chi connectivity index (χ3v) is 4.78. The molecule has 3 N–H and O–H groups in total. The highest BCUT2D eigenvalue weighted by Crippen LogP contribution is 2.20. The number of rotatable bonds is 11. The van der Waals surface area contributed by atoms with Gasteiger partial charge in [-0.05, 0) is 47.9 Å². The number of oxime groups is 1. The van der Waals surface area contributed by atoms with E-state index in [2.05, 4.69) is 5.16 Å². The Hall–Kier alpha value is -4.07. The van der Waals surface area contributed by atoms with Gasteiger partial charge in [0.25, 0.3) is 0 Å². The van der Waals surface area contributed by atoms with Crippen LogP contribution in [-0.4, -0.2) is 30.5 Å². The summed E-state index contributed by atoms with van der Waals surface area (Å²) in [4.78, 5) is 15.6. The van der Waals surface area contributed by atoms with Crippen LogP contribution in [0.2, 0.25) is 0 Å². The van der Waals surface area contributed by atoms with Crippen LogP contribution in [0, 0.1) is 5.82 Å². The smallest absolute Gasteiger partial charge is 0.303 e. The van der Waals surface area contributed by atoms with Gasteiger partial charge in [0.15, 0.2) is 0 Å². The second-order valence-electron chi connectivity index (χ2n) is 7.21. The molecule has 0 heterocycles. The van der Waals surface area contributed by atoms with Crippen LogP contribution >= 0.6 is 0 Å². The first-order valence-corrected chi connectivity index (χ1v) is 10.3. The average Bonchev–Trinajstić information content (AvgIpc) is 2.81. The highest BCUT2D eigenvalue weighted by Gasteiger charge is 2.08. The van der Waals surface area contributed by atoms with Gasteiger partial charge >= 0.3 is 5.97 Å². The lowest BCUT2D eigenvalue weighted by molar-refractivity contribution is -0.136. The summed E-state index contributed by atoms with van der Waals surface area (Å²) in [7, 11) is 1.47. The Bertz CT molecular complexity index is 1100. The summed E-state index contributed by atoms with van der Waals surface area (Å²) in [6.45, 7) is 0.455. The van der Waals surface area contributed by atoms with Crippen molar-refractivity contribution in [1.82, 2.24) is 0 Å². The molecule has 3 aromatic carbocycles. The Balaban J connectivity index is 1.53. The molecule has 0 saturated heterocycles. The minimum absolute atomic E-state index is 0.121. The highest BCUT2D eigenvalue weighted by molar-refractivity contribution is 6.01. The second kappa shape index (κ2) is 11.5. The molecule has 7 nitrogen and oxygen atoms in total. The van der Waals surface area contributed by atoms with E-state index in [4.69, 9.17) is 25.2 Å². The molecule has 0 unspecified atom stereocenters. The van der Waals surface area contributed by atoms with E-state index in [1.165, 1.54) is 13.2 Å². The predicted molar refractivity (Wildman–Crippen MR) is 123 cm³/mol. The third kappa shape index (κ3) is 7.24. The van der Waals surface area contributed by atoms with Crippen molar-refractivity contribution in [2.24, 2.45) is 5.16 Å². The maximum absolute atomic E-state index is 14.1. The number of aryl methyl sites for hydroxylation is 1. The van der Waals surface area contributed by atoms with Gasteiger partial charge in [-0.2, -0.15) is 0 Å². The van der Waals surface area contributed by atoms with Gasteiger partial charge in [-0.3, -0.25) is 4.79 Å². The fourth-order valence-electron chi connectivity index (χ4n) is 3.01. The van der Waals surface area contributed by atoms with E-state index in [0.29, 0.717) is 28.5 Å². The fourth-order valence-corrected chi connectivity index (χ4v) is 3.01. The number of anilines is 1. The van der Waals surface area contributed by atoms with Crippen molar-refractivity contribution >= 4 is 17.4 Å². The molecule has 0 aromatic heterocycles. The minimum atomic E-state index is -0.963. The van der Waals surface area contributed by atoms with Crippen LogP contribution in [0.15, 0.2) is 71.9 Å². The summed E-state index contributed by atoms with van der Waals surface area (Å²) in [5, 5.41) is 12.7. The number of carbonyl (C=O) groups is 1. The van der Waals surface area contributed by atoms with E-state index in [9.17, 15) is 9.18 Å². The van der Waals surface area contributed by atoms with Gasteiger partial charge in [0.2, 0.25) is 0 Å². The molecule has 172 valence electrons. The largest absolute Gasteiger partial charge is 0.489 e. The van der Waals surface area contributed by atoms with Crippen molar-refractivity contribution in [3.63, 3.8) is 0 Å². The van der Waals surface area contributed by atoms with Crippen LogP contribution in [0.1, 0.15) is 23.1 Å². The summed E-state index contributed by atoms with van der Waals surface area (Å²) in [6, 6.07) is 19.0. The maximum Gasteiger partial charge on any atom is 0.303 e. The monoisotopic (exact) mass is 452 g/mol. The van der Waals surface area contributed by atoms with Crippen LogP contribution in [-0.2, 0) is 22.7 Å². The summed E-state index contributed by atoms with van der Waals surface area (Å²) >= 11 is 0. The normalized spacial score (nSPS) is 11.2. The zero-order valence-corrected chi connectivity index (χ0v) is 18.2. The number of ether oxygens (including phenoxy) is 2. The number of halogens is 1. The minimum Gasteiger partial charge on any atom is -0.489 e. The van der Waals surface area contributed by atoms with Crippen LogP contribution in [0.3, 0.4) is 0 Å². The first-order chi connectivity index (χ1) is 15.9. The number of benzene rings is 3. The number of hydrogen-bond acceptors (Lipinski definition) is 6. The van der Waals surface area contributed by atoms with Crippen molar-refractivity contribution < 1.29 is 28.6 Å². The Morgan fingerprint density at radius 1 is 1.00 bits per heavy atom. The molecular formula is C25H25FN2O5. The lowest BCUT2D eigenvalue weighted by Crippen LogP contribution is -2.13. The zero-order chi connectivity index (χ0) is 23.6. The molecule has 0 atom stereocenters. The van der Waals surface area contributed by atoms with E-state index in [0.717, 1.165) is 11.1 Å². The molecule has 0 aliphatic carbocycles. The number of aliphatic carboxylic acids is 1. The van der Waals surface area contributed by atoms with Gasteiger partial charge in [0.1, 0.15) is 43.4 Å². The Labute approximate surface area is 191 Å². The molecule has 0 saturated carbocycles. The zero-order valence-electron chi connectivity index (χ0n) is 18.2. The topological polar surface area (TPSA) is 103 Å². The maximum atomic E-state index is 14.1. The number of nitrogens with zero attached hydrogens (tertiary/aromatic N) is 1. The van der Waals surface area contributed by atoms with Crippen molar-refractivity contribution in [3.8, 4) is 11.5 Å². The van der Waals surface area contributed by atoms with Gasteiger partial charge in [0.05, 0.1) is 0 Å². The molecule has 0 spiro atoms. The van der Waals surface area contributed by atoms with Gasteiger partial charge < -0.3 is 25.2 Å². The summed E-state index contributed by atoms with van der Waals surface area (Å²) < 4.78 is 25.6. The molecule has 33 heavy (non-hydrogen) atoms. The van der Waals surface area contributed by atoms with E-state index in [-0.39, 0.29) is 26.1 Å². The van der Waals surface area contributed by atoms with Gasteiger partial charge in [-0.15, -0.1) is 0 Å². The first kappa shape index (κ1) is 23.6. The number of carboxylic acid groups (broad SMARTS) is 1. The second-order valence-corrected chi connectivity index (χ2v) is 7.21. The van der Waals surface area contributed by atoms with Crippen molar-refractivity contribution in [3.05, 3.63) is 89.2 Å². The van der Waals surface area contributed by atoms with Crippen LogP contribution in [0.4, 0.5) is 10.1 Å². The first-order valence-electron chi connectivity index (χ1n) is 10.3. The van der Waals surface area contributed by atoms with E-state index in [1.807, 2.05) is 36.4 Å². The van der Waals surface area contributed by atoms with E-state index in [1.54, 1.807) is 24.3 Å². The molecule has 0 bridgehead atoms. The lowest BCUT2D eigenvalue weighted by atomic mass is 10.1. The van der Waals surface area contributed by atoms with Crippen LogP contribution in [0.5, 0.6) is 11.5 Å². The Morgan fingerprint density at radius 3 is 2.33 bits per heavy atom. The summed E-state index contributed by atoms with van der Waals surface area (Å²) in [6.07, 6.45) is 0.0163. The SMILES string of the molecule is CO/N=C(\COc1ccc(COc2ccc(CCC(=O)O)c(F)c2)cc1)c1ccc(N)cc1. The van der Waals surface area contributed by atoms with Crippen molar-refractivity contribution in [2.45, 2.75) is 19.4 Å². The molecule has 0 amide bonds. The molecular weight excluding hydrogens is 427 g/mol. The lowest BCUT2D eigenvalue weighted by Gasteiger charge is -2.11. The molecule has 3 rings (SSSR count).